The third-order valence-electron chi connectivity index (χ3n) is 3.79. The minimum Gasteiger partial charge on any atom is -0.322 e. The second-order valence-corrected chi connectivity index (χ2v) is 5.45. The molecule has 0 bridgehead atoms. The minimum absolute atomic E-state index is 0.00960. The first-order valence-corrected chi connectivity index (χ1v) is 7.21. The number of anilines is 1. The van der Waals surface area contributed by atoms with Crippen molar-refractivity contribution in [2.75, 3.05) is 18.4 Å². The van der Waals surface area contributed by atoms with Gasteiger partial charge in [0.15, 0.2) is 0 Å². The summed E-state index contributed by atoms with van der Waals surface area (Å²) >= 11 is 0. The van der Waals surface area contributed by atoms with Gasteiger partial charge in [-0.25, -0.2) is 0 Å². The Morgan fingerprint density at radius 3 is 3.10 bits per heavy atom. The molecule has 1 fully saturated rings. The molecule has 7 heteroatoms. The van der Waals surface area contributed by atoms with Crippen molar-refractivity contribution in [1.29, 1.82) is 0 Å². The second-order valence-electron chi connectivity index (χ2n) is 5.45. The highest BCUT2D eigenvalue weighted by Crippen LogP contribution is 2.18. The summed E-state index contributed by atoms with van der Waals surface area (Å²) in [5.41, 5.74) is 0.741. The van der Waals surface area contributed by atoms with Gasteiger partial charge >= 0.3 is 0 Å². The number of carbonyl (C=O) groups excluding carboxylic acids is 1. The lowest BCUT2D eigenvalue weighted by molar-refractivity contribution is -0.117. The van der Waals surface area contributed by atoms with E-state index in [1.54, 1.807) is 23.3 Å². The Balaban J connectivity index is 1.54. The molecule has 1 atom stereocenters. The van der Waals surface area contributed by atoms with Crippen LogP contribution in [0.5, 0.6) is 0 Å². The quantitative estimate of drug-likeness (QED) is 0.880. The maximum Gasteiger partial charge on any atom is 0.238 e. The van der Waals surface area contributed by atoms with Gasteiger partial charge in [0.2, 0.25) is 5.91 Å². The molecule has 21 heavy (non-hydrogen) atoms. The molecule has 2 aromatic rings. The van der Waals surface area contributed by atoms with Gasteiger partial charge in [-0.15, -0.1) is 0 Å². The van der Waals surface area contributed by atoms with Gasteiger partial charge in [0.05, 0.1) is 25.0 Å². The van der Waals surface area contributed by atoms with Gasteiger partial charge in [-0.05, 0) is 25.5 Å². The van der Waals surface area contributed by atoms with Crippen LogP contribution in [0.3, 0.4) is 0 Å². The van der Waals surface area contributed by atoms with E-state index in [0.717, 1.165) is 31.6 Å². The maximum atomic E-state index is 12.1. The zero-order valence-electron chi connectivity index (χ0n) is 12.1. The van der Waals surface area contributed by atoms with E-state index in [9.17, 15) is 4.79 Å². The minimum atomic E-state index is 0.00960. The van der Waals surface area contributed by atoms with E-state index in [4.69, 9.17) is 0 Å². The van der Waals surface area contributed by atoms with E-state index < -0.39 is 0 Å². The van der Waals surface area contributed by atoms with E-state index in [1.165, 1.54) is 0 Å². The van der Waals surface area contributed by atoms with Crippen molar-refractivity contribution >= 4 is 11.6 Å². The fourth-order valence-corrected chi connectivity index (χ4v) is 2.81. The highest BCUT2D eigenvalue weighted by atomic mass is 16.2. The molecule has 1 saturated heterocycles. The van der Waals surface area contributed by atoms with Crippen LogP contribution in [0.25, 0.3) is 0 Å². The number of nitrogens with zero attached hydrogens (tertiary/aromatic N) is 5. The normalized spacial score (nSPS) is 19.0. The van der Waals surface area contributed by atoms with E-state index >= 15 is 0 Å². The smallest absolute Gasteiger partial charge is 0.238 e. The van der Waals surface area contributed by atoms with Crippen LogP contribution in [-0.2, 0) is 18.4 Å². The van der Waals surface area contributed by atoms with Crippen LogP contribution >= 0.6 is 0 Å². The molecule has 1 aliphatic rings. The van der Waals surface area contributed by atoms with Gasteiger partial charge in [-0.1, -0.05) is 0 Å². The lowest BCUT2D eigenvalue weighted by Crippen LogP contribution is -2.39. The first kappa shape index (κ1) is 13.8. The zero-order chi connectivity index (χ0) is 14.7. The Morgan fingerprint density at radius 2 is 2.38 bits per heavy atom. The summed E-state index contributed by atoms with van der Waals surface area (Å²) < 4.78 is 3.61. The van der Waals surface area contributed by atoms with Crippen LogP contribution < -0.4 is 5.32 Å². The van der Waals surface area contributed by atoms with Crippen LogP contribution in [0.1, 0.15) is 12.8 Å². The molecule has 0 unspecified atom stereocenters. The molecule has 2 aromatic heterocycles. The Kier molecular flexibility index (Phi) is 4.01. The van der Waals surface area contributed by atoms with Crippen LogP contribution in [0.15, 0.2) is 30.9 Å². The molecular weight excluding hydrogens is 268 g/mol. The van der Waals surface area contributed by atoms with Crippen molar-refractivity contribution in [3.63, 3.8) is 0 Å². The highest BCUT2D eigenvalue weighted by Gasteiger charge is 2.26. The SMILES string of the molecule is Cn1cc(NC(=O)CN2CCC[C@@H]2Cn2cccn2)cn1. The summed E-state index contributed by atoms with van der Waals surface area (Å²) in [4.78, 5) is 14.3. The summed E-state index contributed by atoms with van der Waals surface area (Å²) in [6.07, 6.45) is 9.44. The number of carbonyl (C=O) groups is 1. The van der Waals surface area contributed by atoms with Gasteiger partial charge in [0.1, 0.15) is 0 Å². The summed E-state index contributed by atoms with van der Waals surface area (Å²) in [5.74, 6) is 0.00960. The standard InChI is InChI=1S/C14H20N6O/c1-18-9-12(8-16-18)17-14(21)11-19-6-2-4-13(19)10-20-7-3-5-15-20/h3,5,7-9,13H,2,4,6,10-11H2,1H3,(H,17,21)/t13-/m1/s1. The second kappa shape index (κ2) is 6.09. The number of hydrogen-bond acceptors (Lipinski definition) is 4. The molecule has 1 aliphatic heterocycles. The lowest BCUT2D eigenvalue weighted by atomic mass is 10.2. The van der Waals surface area contributed by atoms with Crippen LogP contribution in [0.4, 0.5) is 5.69 Å². The Bertz CT molecular complexity index is 590. The first-order chi connectivity index (χ1) is 10.2. The summed E-state index contributed by atoms with van der Waals surface area (Å²) in [7, 11) is 1.83. The van der Waals surface area contributed by atoms with E-state index in [1.807, 2.05) is 24.0 Å². The van der Waals surface area contributed by atoms with Crippen molar-refractivity contribution in [3.05, 3.63) is 30.9 Å². The largest absolute Gasteiger partial charge is 0.322 e. The van der Waals surface area contributed by atoms with Crippen molar-refractivity contribution < 1.29 is 4.79 Å². The lowest BCUT2D eigenvalue weighted by Gasteiger charge is -2.23. The third-order valence-corrected chi connectivity index (χ3v) is 3.79. The van der Waals surface area contributed by atoms with Gasteiger partial charge in [-0.2, -0.15) is 10.2 Å². The number of aromatic nitrogens is 4. The molecule has 112 valence electrons. The number of aryl methyl sites for hydroxylation is 1. The Labute approximate surface area is 123 Å². The van der Waals surface area contributed by atoms with Crippen LogP contribution in [-0.4, -0.2) is 49.5 Å². The molecule has 0 aliphatic carbocycles. The number of likely N-dealkylation sites (tertiary alicyclic amines) is 1. The predicted octanol–water partition coefficient (Wildman–Crippen LogP) is 0.720. The molecule has 0 aromatic carbocycles. The van der Waals surface area contributed by atoms with Gasteiger partial charge in [-0.3, -0.25) is 19.1 Å². The molecule has 3 rings (SSSR count). The van der Waals surface area contributed by atoms with Crippen molar-refractivity contribution in [3.8, 4) is 0 Å². The average Bonchev–Trinajstić information content (AvgIpc) is 3.15. The number of hydrogen-bond donors (Lipinski definition) is 1. The van der Waals surface area contributed by atoms with Crippen LogP contribution in [0, 0.1) is 0 Å². The predicted molar refractivity (Wildman–Crippen MR) is 78.7 cm³/mol. The molecule has 3 heterocycles. The van der Waals surface area contributed by atoms with Crippen LogP contribution in [0.2, 0.25) is 0 Å². The summed E-state index contributed by atoms with van der Waals surface area (Å²) in [6.45, 7) is 2.22. The number of nitrogens with one attached hydrogen (secondary N) is 1. The molecule has 0 radical (unpaired) electrons. The van der Waals surface area contributed by atoms with E-state index in [2.05, 4.69) is 20.4 Å². The molecule has 7 nitrogen and oxygen atoms in total. The van der Waals surface area contributed by atoms with Gasteiger partial charge < -0.3 is 5.32 Å². The van der Waals surface area contributed by atoms with Crippen molar-refractivity contribution in [2.24, 2.45) is 7.05 Å². The fraction of sp³-hybridized carbons (Fsp3) is 0.500. The van der Waals surface area contributed by atoms with Gasteiger partial charge in [0.25, 0.3) is 0 Å². The third kappa shape index (κ3) is 3.49. The summed E-state index contributed by atoms with van der Waals surface area (Å²) in [5, 5.41) is 11.2. The van der Waals surface area contributed by atoms with E-state index in [0.29, 0.717) is 12.6 Å². The number of rotatable bonds is 5. The topological polar surface area (TPSA) is 68.0 Å². The number of amides is 1. The molecule has 1 N–H and O–H groups in total. The highest BCUT2D eigenvalue weighted by molar-refractivity contribution is 5.92. The average molecular weight is 288 g/mol. The molecular formula is C14H20N6O. The first-order valence-electron chi connectivity index (χ1n) is 7.21. The Morgan fingerprint density at radius 1 is 1.48 bits per heavy atom. The van der Waals surface area contributed by atoms with Crippen molar-refractivity contribution in [1.82, 2.24) is 24.5 Å². The fourth-order valence-electron chi connectivity index (χ4n) is 2.81. The van der Waals surface area contributed by atoms with E-state index in [-0.39, 0.29) is 5.91 Å². The molecule has 1 amide bonds. The van der Waals surface area contributed by atoms with Crippen molar-refractivity contribution in [2.45, 2.75) is 25.4 Å². The zero-order valence-corrected chi connectivity index (χ0v) is 12.1. The Hall–Kier alpha value is -2.15. The summed E-state index contributed by atoms with van der Waals surface area (Å²) in [6, 6.07) is 2.30. The monoisotopic (exact) mass is 288 g/mol. The molecule has 0 spiro atoms. The maximum absolute atomic E-state index is 12.1. The molecule has 0 saturated carbocycles. The van der Waals surface area contributed by atoms with Gasteiger partial charge in [0, 0.05) is 31.7 Å².